The van der Waals surface area contributed by atoms with Gasteiger partial charge in [0.1, 0.15) is 11.3 Å². The van der Waals surface area contributed by atoms with E-state index in [2.05, 4.69) is 5.32 Å². The summed E-state index contributed by atoms with van der Waals surface area (Å²) in [4.78, 5) is 10.9. The van der Waals surface area contributed by atoms with Gasteiger partial charge >= 0.3 is 5.97 Å². The van der Waals surface area contributed by atoms with E-state index in [0.717, 1.165) is 0 Å². The van der Waals surface area contributed by atoms with Crippen molar-refractivity contribution in [3.63, 3.8) is 0 Å². The Hall–Kier alpha value is -1.42. The minimum atomic E-state index is -1.02. The molecule has 1 rings (SSSR count). The van der Waals surface area contributed by atoms with E-state index in [0.29, 0.717) is 11.4 Å². The Balaban J connectivity index is 0.00000225. The van der Waals surface area contributed by atoms with E-state index in [1.54, 1.807) is 33.1 Å². The first-order valence-electron chi connectivity index (χ1n) is 4.62. The van der Waals surface area contributed by atoms with Gasteiger partial charge in [0.2, 0.25) is 0 Å². The molecule has 0 spiro atoms. The lowest BCUT2D eigenvalue weighted by Gasteiger charge is -2.23. The van der Waals surface area contributed by atoms with E-state index in [9.17, 15) is 4.79 Å². The molecule has 0 bridgehead atoms. The summed E-state index contributed by atoms with van der Waals surface area (Å²) in [5, 5.41) is 11.9. The highest BCUT2D eigenvalue weighted by atomic mass is 35.5. The van der Waals surface area contributed by atoms with Crippen molar-refractivity contribution in [1.29, 1.82) is 0 Å². The lowest BCUT2D eigenvalue weighted by Crippen LogP contribution is -2.40. The first-order valence-corrected chi connectivity index (χ1v) is 4.62. The first-order chi connectivity index (χ1) is 6.97. The molecule has 0 radical (unpaired) electrons. The Bertz CT molecular complexity index is 366. The van der Waals surface area contributed by atoms with Gasteiger partial charge < -0.3 is 15.2 Å². The number of para-hydroxylation sites is 2. The van der Waals surface area contributed by atoms with Crippen LogP contribution in [0.15, 0.2) is 24.3 Å². The van der Waals surface area contributed by atoms with Crippen LogP contribution in [0.5, 0.6) is 5.75 Å². The molecule has 0 unspecified atom stereocenters. The summed E-state index contributed by atoms with van der Waals surface area (Å²) in [5.41, 5.74) is -0.346. The third kappa shape index (κ3) is 3.31. The van der Waals surface area contributed by atoms with Crippen LogP contribution in [-0.2, 0) is 4.79 Å². The van der Waals surface area contributed by atoms with Crippen molar-refractivity contribution in [2.75, 3.05) is 12.4 Å². The minimum absolute atomic E-state index is 0. The fraction of sp³-hybridized carbons (Fsp3) is 0.364. The van der Waals surface area contributed by atoms with Gasteiger partial charge in [0.25, 0.3) is 0 Å². The zero-order valence-corrected chi connectivity index (χ0v) is 10.3. The Morgan fingerprint density at radius 3 is 2.44 bits per heavy atom. The molecule has 90 valence electrons. The highest BCUT2D eigenvalue weighted by molar-refractivity contribution is 5.85. The Morgan fingerprint density at radius 1 is 1.38 bits per heavy atom. The average molecular weight is 246 g/mol. The number of benzene rings is 1. The number of hydrogen-bond donors (Lipinski definition) is 2. The second-order valence-corrected chi connectivity index (χ2v) is 3.76. The van der Waals surface area contributed by atoms with Crippen LogP contribution in [0.4, 0.5) is 5.69 Å². The van der Waals surface area contributed by atoms with Gasteiger partial charge in [-0.2, -0.15) is 0 Å². The topological polar surface area (TPSA) is 58.6 Å². The summed E-state index contributed by atoms with van der Waals surface area (Å²) >= 11 is 0. The van der Waals surface area contributed by atoms with Crippen LogP contribution < -0.4 is 10.1 Å². The molecule has 0 saturated carbocycles. The van der Waals surface area contributed by atoms with Gasteiger partial charge in [0.05, 0.1) is 12.8 Å². The van der Waals surface area contributed by atoms with Gasteiger partial charge in [-0.15, -0.1) is 12.4 Å². The number of carbonyl (C=O) groups is 1. The minimum Gasteiger partial charge on any atom is -0.495 e. The number of rotatable bonds is 4. The van der Waals surface area contributed by atoms with Gasteiger partial charge in [0.15, 0.2) is 0 Å². The third-order valence-corrected chi connectivity index (χ3v) is 2.09. The van der Waals surface area contributed by atoms with E-state index >= 15 is 0 Å². The van der Waals surface area contributed by atoms with Gasteiger partial charge in [-0.3, -0.25) is 0 Å². The van der Waals surface area contributed by atoms with Crippen LogP contribution in [-0.4, -0.2) is 23.7 Å². The number of ether oxygens (including phenoxy) is 1. The summed E-state index contributed by atoms with van der Waals surface area (Å²) in [5.74, 6) is -0.278. The predicted octanol–water partition coefficient (Wildman–Crippen LogP) is 2.39. The molecule has 0 saturated heterocycles. The van der Waals surface area contributed by atoms with Gasteiger partial charge in [-0.25, -0.2) is 4.79 Å². The molecule has 0 atom stereocenters. The number of anilines is 1. The fourth-order valence-electron chi connectivity index (χ4n) is 1.14. The summed E-state index contributed by atoms with van der Waals surface area (Å²) in [6, 6.07) is 7.21. The number of methoxy groups -OCH3 is 1. The largest absolute Gasteiger partial charge is 0.495 e. The van der Waals surface area contributed by atoms with Crippen LogP contribution in [0.2, 0.25) is 0 Å². The predicted molar refractivity (Wildman–Crippen MR) is 65.6 cm³/mol. The summed E-state index contributed by atoms with van der Waals surface area (Å²) in [6.45, 7) is 3.20. The highest BCUT2D eigenvalue weighted by Crippen LogP contribution is 2.26. The molecule has 0 aliphatic rings. The smallest absolute Gasteiger partial charge is 0.328 e. The fourth-order valence-corrected chi connectivity index (χ4v) is 1.14. The first kappa shape index (κ1) is 14.6. The summed E-state index contributed by atoms with van der Waals surface area (Å²) < 4.78 is 5.12. The number of halogens is 1. The van der Waals surface area contributed by atoms with Gasteiger partial charge in [-0.05, 0) is 26.0 Å². The molecule has 5 heteroatoms. The monoisotopic (exact) mass is 245 g/mol. The standard InChI is InChI=1S/C11H15NO3.ClH/c1-11(2,10(13)14)12-8-6-4-5-7-9(8)15-3;/h4-7,12H,1-3H3,(H,13,14);1H. The van der Waals surface area contributed by atoms with Gasteiger partial charge in [-0.1, -0.05) is 12.1 Å². The van der Waals surface area contributed by atoms with Crippen molar-refractivity contribution >= 4 is 24.1 Å². The van der Waals surface area contributed by atoms with Crippen molar-refractivity contribution in [3.8, 4) is 5.75 Å². The Labute approximate surface area is 101 Å². The van der Waals surface area contributed by atoms with E-state index in [1.165, 1.54) is 0 Å². The van der Waals surface area contributed by atoms with E-state index in [-0.39, 0.29) is 12.4 Å². The molecular weight excluding hydrogens is 230 g/mol. The number of hydrogen-bond acceptors (Lipinski definition) is 3. The van der Waals surface area contributed by atoms with Crippen molar-refractivity contribution in [2.24, 2.45) is 0 Å². The quantitative estimate of drug-likeness (QED) is 0.855. The maximum atomic E-state index is 10.9. The molecule has 0 aliphatic carbocycles. The zero-order chi connectivity index (χ0) is 11.5. The number of carboxylic acids is 1. The molecule has 0 heterocycles. The van der Waals surface area contributed by atoms with Crippen molar-refractivity contribution < 1.29 is 14.6 Å². The number of carboxylic acid groups (broad SMARTS) is 1. The maximum Gasteiger partial charge on any atom is 0.328 e. The average Bonchev–Trinajstić information content (AvgIpc) is 2.18. The SMILES string of the molecule is COc1ccccc1NC(C)(C)C(=O)O.Cl. The number of nitrogens with one attached hydrogen (secondary N) is 1. The molecule has 1 aromatic carbocycles. The summed E-state index contributed by atoms with van der Waals surface area (Å²) in [7, 11) is 1.55. The third-order valence-electron chi connectivity index (χ3n) is 2.09. The Kier molecular flexibility index (Phi) is 5.11. The lowest BCUT2D eigenvalue weighted by atomic mass is 10.1. The molecule has 0 aliphatic heterocycles. The number of aliphatic carboxylic acids is 1. The van der Waals surface area contributed by atoms with E-state index < -0.39 is 11.5 Å². The molecule has 4 nitrogen and oxygen atoms in total. The Morgan fingerprint density at radius 2 is 1.94 bits per heavy atom. The molecule has 0 aromatic heterocycles. The van der Waals surface area contributed by atoms with Crippen molar-refractivity contribution in [1.82, 2.24) is 0 Å². The molecule has 0 amide bonds. The van der Waals surface area contributed by atoms with Crippen LogP contribution in [0.1, 0.15) is 13.8 Å². The maximum absolute atomic E-state index is 10.9. The van der Waals surface area contributed by atoms with Gasteiger partial charge in [0, 0.05) is 0 Å². The normalized spacial score (nSPS) is 10.2. The molecular formula is C11H16ClNO3. The van der Waals surface area contributed by atoms with E-state index in [1.807, 2.05) is 12.1 Å². The van der Waals surface area contributed by atoms with Crippen molar-refractivity contribution in [2.45, 2.75) is 19.4 Å². The second kappa shape index (κ2) is 5.61. The molecule has 2 N–H and O–H groups in total. The van der Waals surface area contributed by atoms with E-state index in [4.69, 9.17) is 9.84 Å². The second-order valence-electron chi connectivity index (χ2n) is 3.76. The molecule has 16 heavy (non-hydrogen) atoms. The highest BCUT2D eigenvalue weighted by Gasteiger charge is 2.27. The molecule has 0 fully saturated rings. The van der Waals surface area contributed by atoms with Crippen LogP contribution in [0, 0.1) is 0 Å². The summed E-state index contributed by atoms with van der Waals surface area (Å²) in [6.07, 6.45) is 0. The van der Waals surface area contributed by atoms with Crippen LogP contribution in [0.25, 0.3) is 0 Å². The van der Waals surface area contributed by atoms with Crippen LogP contribution >= 0.6 is 12.4 Å². The lowest BCUT2D eigenvalue weighted by molar-refractivity contribution is -0.141. The molecule has 1 aromatic rings. The van der Waals surface area contributed by atoms with Crippen molar-refractivity contribution in [3.05, 3.63) is 24.3 Å². The zero-order valence-electron chi connectivity index (χ0n) is 9.48. The van der Waals surface area contributed by atoms with Crippen LogP contribution in [0.3, 0.4) is 0 Å².